The first-order valence-electron chi connectivity index (χ1n) is 7.31. The molecule has 0 aliphatic heterocycles. The van der Waals surface area contributed by atoms with Crippen LogP contribution in [0.4, 0.5) is 0 Å². The van der Waals surface area contributed by atoms with E-state index in [0.29, 0.717) is 6.54 Å². The van der Waals surface area contributed by atoms with Crippen LogP contribution in [0.2, 0.25) is 0 Å². The van der Waals surface area contributed by atoms with Crippen LogP contribution in [0.1, 0.15) is 34.9 Å². The SMILES string of the molecule is Cc1ccc2[nH]c(CN[C@@H](C)c3csc(C)n3)cc(=O)c2c1. The molecule has 1 aromatic carbocycles. The number of H-pyrrole nitrogens is 1. The van der Waals surface area contributed by atoms with Gasteiger partial charge in [-0.3, -0.25) is 4.79 Å². The van der Waals surface area contributed by atoms with E-state index in [4.69, 9.17) is 0 Å². The van der Waals surface area contributed by atoms with Crippen LogP contribution in [0.25, 0.3) is 10.9 Å². The van der Waals surface area contributed by atoms with Gasteiger partial charge in [0.15, 0.2) is 5.43 Å². The molecule has 5 heteroatoms. The van der Waals surface area contributed by atoms with Gasteiger partial charge >= 0.3 is 0 Å². The molecule has 2 N–H and O–H groups in total. The van der Waals surface area contributed by atoms with Gasteiger partial charge in [0.25, 0.3) is 0 Å². The van der Waals surface area contributed by atoms with Crippen molar-refractivity contribution in [2.45, 2.75) is 33.4 Å². The van der Waals surface area contributed by atoms with Crippen LogP contribution in [-0.4, -0.2) is 9.97 Å². The molecule has 0 bridgehead atoms. The molecular formula is C17H19N3OS. The lowest BCUT2D eigenvalue weighted by Crippen LogP contribution is -2.20. The summed E-state index contributed by atoms with van der Waals surface area (Å²) in [4.78, 5) is 20.0. The van der Waals surface area contributed by atoms with Gasteiger partial charge in [0, 0.05) is 40.6 Å². The van der Waals surface area contributed by atoms with Gasteiger partial charge in [0.1, 0.15) is 0 Å². The van der Waals surface area contributed by atoms with Crippen molar-refractivity contribution in [2.75, 3.05) is 0 Å². The summed E-state index contributed by atoms with van der Waals surface area (Å²) in [6, 6.07) is 7.72. The number of benzene rings is 1. The lowest BCUT2D eigenvalue weighted by Gasteiger charge is -2.12. The van der Waals surface area contributed by atoms with Crippen molar-refractivity contribution in [3.63, 3.8) is 0 Å². The third-order valence-electron chi connectivity index (χ3n) is 3.72. The third kappa shape index (κ3) is 3.10. The van der Waals surface area contributed by atoms with E-state index in [-0.39, 0.29) is 11.5 Å². The van der Waals surface area contributed by atoms with E-state index in [1.807, 2.05) is 32.0 Å². The van der Waals surface area contributed by atoms with Crippen LogP contribution in [0, 0.1) is 13.8 Å². The Morgan fingerprint density at radius 3 is 2.86 bits per heavy atom. The number of nitrogens with zero attached hydrogens (tertiary/aromatic N) is 1. The Hall–Kier alpha value is -1.98. The summed E-state index contributed by atoms with van der Waals surface area (Å²) < 4.78 is 0. The van der Waals surface area contributed by atoms with Crippen LogP contribution in [-0.2, 0) is 6.54 Å². The monoisotopic (exact) mass is 313 g/mol. The summed E-state index contributed by atoms with van der Waals surface area (Å²) in [5.74, 6) is 0. The highest BCUT2D eigenvalue weighted by molar-refractivity contribution is 7.09. The quantitative estimate of drug-likeness (QED) is 0.775. The molecule has 4 nitrogen and oxygen atoms in total. The molecule has 3 rings (SSSR count). The van der Waals surface area contributed by atoms with Crippen molar-refractivity contribution in [3.05, 3.63) is 61.8 Å². The second-order valence-electron chi connectivity index (χ2n) is 5.60. The third-order valence-corrected chi connectivity index (χ3v) is 4.51. The molecule has 0 unspecified atom stereocenters. The zero-order valence-electron chi connectivity index (χ0n) is 12.9. The van der Waals surface area contributed by atoms with Gasteiger partial charge in [0.05, 0.1) is 10.7 Å². The molecule has 1 atom stereocenters. The lowest BCUT2D eigenvalue weighted by atomic mass is 10.1. The predicted molar refractivity (Wildman–Crippen MR) is 91.4 cm³/mol. The Kier molecular flexibility index (Phi) is 4.09. The van der Waals surface area contributed by atoms with Gasteiger partial charge in [-0.25, -0.2) is 4.98 Å². The molecule has 0 aliphatic carbocycles. The highest BCUT2D eigenvalue weighted by Gasteiger charge is 2.09. The Morgan fingerprint density at radius 2 is 2.14 bits per heavy atom. The maximum Gasteiger partial charge on any atom is 0.189 e. The number of pyridine rings is 1. The molecule has 2 heterocycles. The van der Waals surface area contributed by atoms with Gasteiger partial charge in [-0.05, 0) is 32.9 Å². The van der Waals surface area contributed by atoms with Gasteiger partial charge in [0.2, 0.25) is 0 Å². The van der Waals surface area contributed by atoms with E-state index >= 15 is 0 Å². The molecule has 0 radical (unpaired) electrons. The number of hydrogen-bond acceptors (Lipinski definition) is 4. The maximum absolute atomic E-state index is 12.2. The second-order valence-corrected chi connectivity index (χ2v) is 6.66. The maximum atomic E-state index is 12.2. The lowest BCUT2D eigenvalue weighted by molar-refractivity contribution is 0.557. The summed E-state index contributed by atoms with van der Waals surface area (Å²) in [5, 5.41) is 7.28. The number of rotatable bonds is 4. The molecule has 0 fully saturated rings. The van der Waals surface area contributed by atoms with Crippen molar-refractivity contribution >= 4 is 22.2 Å². The first kappa shape index (κ1) is 14.9. The average molecular weight is 313 g/mol. The van der Waals surface area contributed by atoms with Gasteiger partial charge in [-0.2, -0.15) is 0 Å². The number of aromatic nitrogens is 2. The molecule has 0 saturated carbocycles. The smallest absolute Gasteiger partial charge is 0.189 e. The molecule has 22 heavy (non-hydrogen) atoms. The first-order valence-corrected chi connectivity index (χ1v) is 8.19. The number of aromatic amines is 1. The standard InChI is InChI=1S/C17H19N3OS/c1-10-4-5-15-14(6-10)17(21)7-13(20-15)8-18-11(2)16-9-22-12(3)19-16/h4-7,9,11,18H,8H2,1-3H3,(H,20,21)/t11-/m0/s1. The van der Waals surface area contributed by atoms with E-state index in [9.17, 15) is 4.79 Å². The highest BCUT2D eigenvalue weighted by atomic mass is 32.1. The number of thiazole rings is 1. The largest absolute Gasteiger partial charge is 0.357 e. The molecule has 114 valence electrons. The Labute approximate surface area is 133 Å². The fraction of sp³-hybridized carbons (Fsp3) is 0.294. The van der Waals surface area contributed by atoms with Crippen molar-refractivity contribution in [3.8, 4) is 0 Å². The first-order chi connectivity index (χ1) is 10.5. The zero-order valence-corrected chi connectivity index (χ0v) is 13.8. The minimum Gasteiger partial charge on any atom is -0.357 e. The van der Waals surface area contributed by atoms with Crippen LogP contribution in [0.3, 0.4) is 0 Å². The molecule has 0 saturated heterocycles. The fourth-order valence-corrected chi connectivity index (χ4v) is 3.16. The Bertz CT molecular complexity index is 866. The normalized spacial score (nSPS) is 12.7. The number of fused-ring (bicyclic) bond motifs is 1. The summed E-state index contributed by atoms with van der Waals surface area (Å²) in [7, 11) is 0. The predicted octanol–water partition coefficient (Wildman–Crippen LogP) is 3.45. The average Bonchev–Trinajstić information content (AvgIpc) is 2.92. The van der Waals surface area contributed by atoms with Crippen LogP contribution in [0.15, 0.2) is 34.4 Å². The molecule has 0 spiro atoms. The van der Waals surface area contributed by atoms with Crippen LogP contribution in [0.5, 0.6) is 0 Å². The number of aryl methyl sites for hydroxylation is 2. The van der Waals surface area contributed by atoms with E-state index in [1.165, 1.54) is 0 Å². The molecule has 0 amide bonds. The van der Waals surface area contributed by atoms with E-state index in [2.05, 4.69) is 27.6 Å². The van der Waals surface area contributed by atoms with Gasteiger partial charge in [-0.1, -0.05) is 11.6 Å². The summed E-state index contributed by atoms with van der Waals surface area (Å²) in [6.45, 7) is 6.68. The Morgan fingerprint density at radius 1 is 1.32 bits per heavy atom. The van der Waals surface area contributed by atoms with E-state index in [1.54, 1.807) is 17.4 Å². The van der Waals surface area contributed by atoms with Crippen molar-refractivity contribution in [1.82, 2.24) is 15.3 Å². The number of nitrogens with one attached hydrogen (secondary N) is 2. The molecule has 3 aromatic rings. The fourth-order valence-electron chi connectivity index (χ4n) is 2.46. The highest BCUT2D eigenvalue weighted by Crippen LogP contribution is 2.16. The second kappa shape index (κ2) is 6.02. The van der Waals surface area contributed by atoms with Crippen molar-refractivity contribution < 1.29 is 0 Å². The summed E-state index contributed by atoms with van der Waals surface area (Å²) in [5.41, 5.74) is 3.97. The van der Waals surface area contributed by atoms with Crippen molar-refractivity contribution in [1.29, 1.82) is 0 Å². The molecule has 0 aliphatic rings. The van der Waals surface area contributed by atoms with Crippen LogP contribution < -0.4 is 10.7 Å². The van der Waals surface area contributed by atoms with E-state index in [0.717, 1.165) is 32.9 Å². The zero-order chi connectivity index (χ0) is 15.7. The molecule has 2 aromatic heterocycles. The minimum atomic E-state index is 0.0615. The summed E-state index contributed by atoms with van der Waals surface area (Å²) in [6.07, 6.45) is 0. The number of hydrogen-bond donors (Lipinski definition) is 2. The minimum absolute atomic E-state index is 0.0615. The van der Waals surface area contributed by atoms with Crippen molar-refractivity contribution in [2.24, 2.45) is 0 Å². The van der Waals surface area contributed by atoms with Crippen LogP contribution >= 0.6 is 11.3 Å². The summed E-state index contributed by atoms with van der Waals surface area (Å²) >= 11 is 1.65. The topological polar surface area (TPSA) is 57.8 Å². The van der Waals surface area contributed by atoms with Gasteiger partial charge in [-0.15, -0.1) is 11.3 Å². The molecular weight excluding hydrogens is 294 g/mol. The Balaban J connectivity index is 1.79. The van der Waals surface area contributed by atoms with E-state index < -0.39 is 0 Å². The van der Waals surface area contributed by atoms with Gasteiger partial charge < -0.3 is 10.3 Å².